The van der Waals surface area contributed by atoms with E-state index in [0.29, 0.717) is 19.5 Å². The van der Waals surface area contributed by atoms with Crippen molar-refractivity contribution in [2.24, 2.45) is 0 Å². The maximum atomic E-state index is 11.9. The Hall–Kier alpha value is -2.04. The monoisotopic (exact) mass is 278 g/mol. The van der Waals surface area contributed by atoms with E-state index in [1.54, 1.807) is 11.9 Å². The maximum absolute atomic E-state index is 11.9. The van der Waals surface area contributed by atoms with Crippen molar-refractivity contribution < 1.29 is 14.7 Å². The molecule has 0 fully saturated rings. The topological polar surface area (TPSA) is 69.6 Å². The lowest BCUT2D eigenvalue weighted by molar-refractivity contribution is -0.137. The standard InChI is InChI=1S/C15H22N2O3/c1-11-6-4-7-13(12(11)2)10-17(3)15(20)16-9-5-8-14(18)19/h4,6-7H,5,8-10H2,1-3H3,(H,16,20)(H,18,19). The van der Waals surface area contributed by atoms with Gasteiger partial charge >= 0.3 is 12.0 Å². The van der Waals surface area contributed by atoms with E-state index in [0.717, 1.165) is 5.56 Å². The summed E-state index contributed by atoms with van der Waals surface area (Å²) in [7, 11) is 1.73. The van der Waals surface area contributed by atoms with Gasteiger partial charge in [-0.15, -0.1) is 0 Å². The van der Waals surface area contributed by atoms with Crippen molar-refractivity contribution in [3.63, 3.8) is 0 Å². The Morgan fingerprint density at radius 1 is 1.30 bits per heavy atom. The summed E-state index contributed by atoms with van der Waals surface area (Å²) in [6, 6.07) is 5.86. The molecule has 0 bridgehead atoms. The van der Waals surface area contributed by atoms with Crippen LogP contribution in [0.5, 0.6) is 0 Å². The Bertz CT molecular complexity index is 486. The Balaban J connectivity index is 2.45. The van der Waals surface area contributed by atoms with Crippen LogP contribution in [0.4, 0.5) is 4.79 Å². The highest BCUT2D eigenvalue weighted by atomic mass is 16.4. The van der Waals surface area contributed by atoms with Crippen LogP contribution >= 0.6 is 0 Å². The average molecular weight is 278 g/mol. The minimum Gasteiger partial charge on any atom is -0.481 e. The maximum Gasteiger partial charge on any atom is 0.317 e. The quantitative estimate of drug-likeness (QED) is 0.784. The summed E-state index contributed by atoms with van der Waals surface area (Å²) in [4.78, 5) is 23.8. The number of carbonyl (C=O) groups excluding carboxylic acids is 1. The summed E-state index contributed by atoms with van der Waals surface area (Å²) in [5.74, 6) is -0.844. The molecule has 5 nitrogen and oxygen atoms in total. The second-order valence-corrected chi connectivity index (χ2v) is 4.94. The molecule has 5 heteroatoms. The van der Waals surface area contributed by atoms with E-state index in [2.05, 4.69) is 5.32 Å². The molecule has 0 saturated heterocycles. The van der Waals surface area contributed by atoms with Crippen LogP contribution in [0.1, 0.15) is 29.5 Å². The fraction of sp³-hybridized carbons (Fsp3) is 0.467. The molecule has 20 heavy (non-hydrogen) atoms. The van der Waals surface area contributed by atoms with Gasteiger partial charge < -0.3 is 15.3 Å². The number of urea groups is 1. The van der Waals surface area contributed by atoms with Gasteiger partial charge in [-0.1, -0.05) is 18.2 Å². The van der Waals surface area contributed by atoms with Gasteiger partial charge in [-0.05, 0) is 37.0 Å². The molecule has 0 aliphatic rings. The predicted octanol–water partition coefficient (Wildman–Crippen LogP) is 2.31. The number of rotatable bonds is 6. The fourth-order valence-corrected chi connectivity index (χ4v) is 1.88. The van der Waals surface area contributed by atoms with Gasteiger partial charge in [0.2, 0.25) is 0 Å². The van der Waals surface area contributed by atoms with Gasteiger partial charge in [0.25, 0.3) is 0 Å². The normalized spacial score (nSPS) is 10.2. The van der Waals surface area contributed by atoms with Gasteiger partial charge in [0.15, 0.2) is 0 Å². The number of nitrogens with one attached hydrogen (secondary N) is 1. The van der Waals surface area contributed by atoms with E-state index in [1.807, 2.05) is 32.0 Å². The molecule has 0 unspecified atom stereocenters. The molecule has 1 aromatic rings. The first kappa shape index (κ1) is 16.0. The molecular weight excluding hydrogens is 256 g/mol. The van der Waals surface area contributed by atoms with E-state index in [4.69, 9.17) is 5.11 Å². The van der Waals surface area contributed by atoms with E-state index in [1.165, 1.54) is 11.1 Å². The third-order valence-electron chi connectivity index (χ3n) is 3.31. The molecule has 0 spiro atoms. The van der Waals surface area contributed by atoms with E-state index in [9.17, 15) is 9.59 Å². The van der Waals surface area contributed by atoms with Crippen molar-refractivity contribution in [2.75, 3.05) is 13.6 Å². The van der Waals surface area contributed by atoms with Gasteiger partial charge in [0.1, 0.15) is 0 Å². The van der Waals surface area contributed by atoms with Crippen LogP contribution in [-0.2, 0) is 11.3 Å². The zero-order valence-electron chi connectivity index (χ0n) is 12.3. The third kappa shape index (κ3) is 4.91. The van der Waals surface area contributed by atoms with Crippen LogP contribution in [-0.4, -0.2) is 35.6 Å². The van der Waals surface area contributed by atoms with Crippen molar-refractivity contribution in [1.82, 2.24) is 10.2 Å². The van der Waals surface area contributed by atoms with Crippen LogP contribution < -0.4 is 5.32 Å². The molecule has 0 aromatic heterocycles. The molecule has 1 rings (SSSR count). The largest absolute Gasteiger partial charge is 0.481 e. The number of carbonyl (C=O) groups is 2. The summed E-state index contributed by atoms with van der Waals surface area (Å²) < 4.78 is 0. The van der Waals surface area contributed by atoms with Gasteiger partial charge in [-0.3, -0.25) is 4.79 Å². The first-order valence-corrected chi connectivity index (χ1v) is 6.67. The summed E-state index contributed by atoms with van der Waals surface area (Å²) in [6.45, 7) is 5.01. The molecule has 0 aliphatic carbocycles. The van der Waals surface area contributed by atoms with Crippen molar-refractivity contribution >= 4 is 12.0 Å². The Kier molecular flexibility index (Phi) is 6.03. The van der Waals surface area contributed by atoms with Gasteiger partial charge in [0.05, 0.1) is 0 Å². The number of carboxylic acid groups (broad SMARTS) is 1. The summed E-state index contributed by atoms with van der Waals surface area (Å²) in [6.07, 6.45) is 0.513. The van der Waals surface area contributed by atoms with Crippen molar-refractivity contribution in [3.8, 4) is 0 Å². The fourth-order valence-electron chi connectivity index (χ4n) is 1.88. The minimum absolute atomic E-state index is 0.0704. The van der Waals surface area contributed by atoms with Crippen LogP contribution in [0.15, 0.2) is 18.2 Å². The van der Waals surface area contributed by atoms with Crippen LogP contribution in [0, 0.1) is 13.8 Å². The lowest BCUT2D eigenvalue weighted by atomic mass is 10.0. The van der Waals surface area contributed by atoms with Gasteiger partial charge in [-0.25, -0.2) is 4.79 Å². The number of hydrogen-bond donors (Lipinski definition) is 2. The number of hydrogen-bond acceptors (Lipinski definition) is 2. The number of nitrogens with zero attached hydrogens (tertiary/aromatic N) is 1. The zero-order valence-corrected chi connectivity index (χ0v) is 12.3. The molecular formula is C15H22N2O3. The SMILES string of the molecule is Cc1cccc(CN(C)C(=O)NCCCC(=O)O)c1C. The van der Waals surface area contributed by atoms with Crippen molar-refractivity contribution in [2.45, 2.75) is 33.2 Å². The van der Waals surface area contributed by atoms with E-state index < -0.39 is 5.97 Å². The molecule has 0 atom stereocenters. The third-order valence-corrected chi connectivity index (χ3v) is 3.31. The second kappa shape index (κ2) is 7.53. The average Bonchev–Trinajstić information content (AvgIpc) is 2.39. The van der Waals surface area contributed by atoms with Crippen LogP contribution in [0.2, 0.25) is 0 Å². The minimum atomic E-state index is -0.844. The molecule has 2 N–H and O–H groups in total. The Morgan fingerprint density at radius 3 is 2.65 bits per heavy atom. The van der Waals surface area contributed by atoms with Crippen molar-refractivity contribution in [1.29, 1.82) is 0 Å². The molecule has 0 aliphatic heterocycles. The Labute approximate surface area is 119 Å². The van der Waals surface area contributed by atoms with Gasteiger partial charge in [0, 0.05) is 26.6 Å². The number of amides is 2. The van der Waals surface area contributed by atoms with E-state index in [-0.39, 0.29) is 12.5 Å². The molecule has 0 heterocycles. The van der Waals surface area contributed by atoms with E-state index >= 15 is 0 Å². The highest BCUT2D eigenvalue weighted by molar-refractivity contribution is 5.74. The first-order chi connectivity index (χ1) is 9.41. The first-order valence-electron chi connectivity index (χ1n) is 6.67. The summed E-state index contributed by atoms with van der Waals surface area (Å²) in [5, 5.41) is 11.2. The van der Waals surface area contributed by atoms with Gasteiger partial charge in [-0.2, -0.15) is 0 Å². The van der Waals surface area contributed by atoms with Crippen molar-refractivity contribution in [3.05, 3.63) is 34.9 Å². The number of benzene rings is 1. The highest BCUT2D eigenvalue weighted by Gasteiger charge is 2.10. The summed E-state index contributed by atoms with van der Waals surface area (Å²) in [5.41, 5.74) is 3.52. The van der Waals surface area contributed by atoms with Crippen LogP contribution in [0.3, 0.4) is 0 Å². The highest BCUT2D eigenvalue weighted by Crippen LogP contribution is 2.14. The lowest BCUT2D eigenvalue weighted by Gasteiger charge is -2.19. The molecule has 110 valence electrons. The number of aryl methyl sites for hydroxylation is 1. The lowest BCUT2D eigenvalue weighted by Crippen LogP contribution is -2.37. The number of aliphatic carboxylic acids is 1. The molecule has 2 amide bonds. The molecule has 0 saturated carbocycles. The smallest absolute Gasteiger partial charge is 0.317 e. The number of carboxylic acids is 1. The second-order valence-electron chi connectivity index (χ2n) is 4.94. The zero-order chi connectivity index (χ0) is 15.1. The Morgan fingerprint density at radius 2 is 2.00 bits per heavy atom. The molecule has 1 aromatic carbocycles. The summed E-state index contributed by atoms with van der Waals surface area (Å²) >= 11 is 0. The predicted molar refractivity (Wildman–Crippen MR) is 77.7 cm³/mol. The van der Waals surface area contributed by atoms with Crippen LogP contribution in [0.25, 0.3) is 0 Å². The molecule has 0 radical (unpaired) electrons.